The molecule has 1 saturated carbocycles. The monoisotopic (exact) mass is 307 g/mol. The molecule has 0 atom stereocenters. The highest BCUT2D eigenvalue weighted by Crippen LogP contribution is 2.39. The Labute approximate surface area is 125 Å². The van der Waals surface area contributed by atoms with Crippen molar-refractivity contribution in [2.75, 3.05) is 6.79 Å². The topological polar surface area (TPSA) is 49.2 Å². The standard InChI is InChI=1S/C14H14FN3O2S/c15-11-3-9-5-19-8-20-13(9)10(4-11)6-21-14-17-16-7-18(14)12-1-2-12/h3-4,7,12H,1-2,5-6,8H2. The van der Waals surface area contributed by atoms with E-state index in [1.807, 2.05) is 0 Å². The maximum Gasteiger partial charge on any atom is 0.191 e. The molecule has 1 aliphatic carbocycles. The van der Waals surface area contributed by atoms with E-state index in [0.29, 0.717) is 18.4 Å². The predicted molar refractivity (Wildman–Crippen MR) is 74.5 cm³/mol. The molecule has 0 amide bonds. The lowest BCUT2D eigenvalue weighted by atomic mass is 10.1. The summed E-state index contributed by atoms with van der Waals surface area (Å²) >= 11 is 1.56. The first kappa shape index (κ1) is 13.1. The Morgan fingerprint density at radius 2 is 2.29 bits per heavy atom. The predicted octanol–water partition coefficient (Wildman–Crippen LogP) is 2.91. The third-order valence-corrected chi connectivity index (χ3v) is 4.59. The zero-order valence-corrected chi connectivity index (χ0v) is 12.1. The molecule has 1 aliphatic heterocycles. The van der Waals surface area contributed by atoms with E-state index in [4.69, 9.17) is 9.47 Å². The van der Waals surface area contributed by atoms with Gasteiger partial charge in [-0.2, -0.15) is 0 Å². The van der Waals surface area contributed by atoms with Crippen LogP contribution >= 0.6 is 11.8 Å². The average Bonchev–Trinajstić information content (AvgIpc) is 3.23. The summed E-state index contributed by atoms with van der Waals surface area (Å²) in [6.45, 7) is 0.609. The number of hydrogen-bond donors (Lipinski definition) is 0. The fourth-order valence-corrected chi connectivity index (χ4v) is 3.39. The van der Waals surface area contributed by atoms with Gasteiger partial charge in [-0.1, -0.05) is 11.8 Å². The molecular weight excluding hydrogens is 293 g/mol. The van der Waals surface area contributed by atoms with Gasteiger partial charge in [0.2, 0.25) is 0 Å². The van der Waals surface area contributed by atoms with Crippen molar-refractivity contribution in [2.24, 2.45) is 0 Å². The van der Waals surface area contributed by atoms with E-state index in [0.717, 1.165) is 22.0 Å². The molecule has 2 aromatic rings. The van der Waals surface area contributed by atoms with Crippen LogP contribution in [0, 0.1) is 5.82 Å². The highest BCUT2D eigenvalue weighted by Gasteiger charge is 2.26. The van der Waals surface area contributed by atoms with E-state index in [-0.39, 0.29) is 12.6 Å². The lowest BCUT2D eigenvalue weighted by Gasteiger charge is -2.20. The Bertz CT molecular complexity index is 672. The molecule has 4 rings (SSSR count). The summed E-state index contributed by atoms with van der Waals surface area (Å²) in [6.07, 6.45) is 4.13. The van der Waals surface area contributed by atoms with Gasteiger partial charge in [0.05, 0.1) is 6.61 Å². The second kappa shape index (κ2) is 5.31. The van der Waals surface area contributed by atoms with Crippen LogP contribution in [0.25, 0.3) is 0 Å². The van der Waals surface area contributed by atoms with Crippen molar-refractivity contribution in [1.82, 2.24) is 14.8 Å². The molecule has 7 heteroatoms. The summed E-state index contributed by atoms with van der Waals surface area (Å²) in [4.78, 5) is 0. The minimum Gasteiger partial charge on any atom is -0.467 e. The Kier molecular flexibility index (Phi) is 3.31. The SMILES string of the molecule is Fc1cc2c(c(CSc3nncn3C3CC3)c1)OCOC2. The van der Waals surface area contributed by atoms with Crippen molar-refractivity contribution in [3.05, 3.63) is 35.4 Å². The number of aromatic nitrogens is 3. The molecule has 0 unspecified atom stereocenters. The third-order valence-electron chi connectivity index (χ3n) is 3.59. The first-order chi connectivity index (χ1) is 10.3. The van der Waals surface area contributed by atoms with Gasteiger partial charge in [0.25, 0.3) is 0 Å². The van der Waals surface area contributed by atoms with Crippen LogP contribution in [-0.4, -0.2) is 21.6 Å². The number of benzene rings is 1. The maximum absolute atomic E-state index is 13.7. The third kappa shape index (κ3) is 2.63. The molecule has 0 N–H and O–H groups in total. The molecule has 1 aromatic carbocycles. The molecule has 1 fully saturated rings. The van der Waals surface area contributed by atoms with Crippen molar-refractivity contribution in [3.63, 3.8) is 0 Å². The van der Waals surface area contributed by atoms with Gasteiger partial charge in [0.1, 0.15) is 17.9 Å². The van der Waals surface area contributed by atoms with E-state index in [2.05, 4.69) is 14.8 Å². The van der Waals surface area contributed by atoms with Gasteiger partial charge in [-0.15, -0.1) is 10.2 Å². The van der Waals surface area contributed by atoms with Gasteiger partial charge >= 0.3 is 0 Å². The largest absolute Gasteiger partial charge is 0.467 e. The summed E-state index contributed by atoms with van der Waals surface area (Å²) < 4.78 is 26.5. The fourth-order valence-electron chi connectivity index (χ4n) is 2.44. The van der Waals surface area contributed by atoms with Crippen molar-refractivity contribution >= 4 is 11.8 Å². The first-order valence-corrected chi connectivity index (χ1v) is 7.84. The molecule has 2 aliphatic rings. The fraction of sp³-hybridized carbons (Fsp3) is 0.429. The lowest BCUT2D eigenvalue weighted by Crippen LogP contribution is -2.13. The Hall–Kier alpha value is -1.60. The van der Waals surface area contributed by atoms with E-state index in [1.54, 1.807) is 18.1 Å². The van der Waals surface area contributed by atoms with Gasteiger partial charge in [-0.3, -0.25) is 0 Å². The normalized spacial score (nSPS) is 17.4. The Morgan fingerprint density at radius 1 is 1.38 bits per heavy atom. The molecule has 0 bridgehead atoms. The zero-order chi connectivity index (χ0) is 14.2. The van der Waals surface area contributed by atoms with Crippen molar-refractivity contribution in [1.29, 1.82) is 0 Å². The van der Waals surface area contributed by atoms with Crippen LogP contribution in [-0.2, 0) is 17.1 Å². The van der Waals surface area contributed by atoms with E-state index in [1.165, 1.54) is 25.0 Å². The molecule has 2 heterocycles. The number of ether oxygens (including phenoxy) is 2. The molecule has 0 spiro atoms. The van der Waals surface area contributed by atoms with E-state index in [9.17, 15) is 4.39 Å². The van der Waals surface area contributed by atoms with Crippen LogP contribution < -0.4 is 4.74 Å². The summed E-state index contributed by atoms with van der Waals surface area (Å²) in [5.41, 5.74) is 1.60. The quantitative estimate of drug-likeness (QED) is 0.813. The van der Waals surface area contributed by atoms with Gasteiger partial charge in [-0.25, -0.2) is 4.39 Å². The second-order valence-electron chi connectivity index (χ2n) is 5.20. The Morgan fingerprint density at radius 3 is 3.14 bits per heavy atom. The van der Waals surface area contributed by atoms with E-state index >= 15 is 0 Å². The van der Waals surface area contributed by atoms with Crippen LogP contribution in [0.5, 0.6) is 5.75 Å². The van der Waals surface area contributed by atoms with E-state index < -0.39 is 0 Å². The highest BCUT2D eigenvalue weighted by molar-refractivity contribution is 7.98. The van der Waals surface area contributed by atoms with Crippen LogP contribution in [0.4, 0.5) is 4.39 Å². The van der Waals surface area contributed by atoms with Crippen molar-refractivity contribution in [3.8, 4) is 5.75 Å². The minimum atomic E-state index is -0.262. The first-order valence-electron chi connectivity index (χ1n) is 6.85. The average molecular weight is 307 g/mol. The summed E-state index contributed by atoms with van der Waals surface area (Å²) in [5, 5.41) is 8.99. The van der Waals surface area contributed by atoms with Crippen LogP contribution in [0.15, 0.2) is 23.6 Å². The number of thioether (sulfide) groups is 1. The molecule has 0 saturated heterocycles. The highest BCUT2D eigenvalue weighted by atomic mass is 32.2. The number of rotatable bonds is 4. The van der Waals surface area contributed by atoms with Gasteiger partial charge in [0, 0.05) is 22.9 Å². The molecule has 21 heavy (non-hydrogen) atoms. The van der Waals surface area contributed by atoms with Gasteiger partial charge in [0.15, 0.2) is 11.9 Å². The summed E-state index contributed by atoms with van der Waals surface area (Å²) in [5.74, 6) is 1.08. The van der Waals surface area contributed by atoms with Crippen molar-refractivity contribution < 1.29 is 13.9 Å². The van der Waals surface area contributed by atoms with Crippen LogP contribution in [0.2, 0.25) is 0 Å². The number of halogens is 1. The van der Waals surface area contributed by atoms with Gasteiger partial charge in [-0.05, 0) is 25.0 Å². The molecule has 110 valence electrons. The maximum atomic E-state index is 13.7. The molecular formula is C14H14FN3O2S. The van der Waals surface area contributed by atoms with Gasteiger partial charge < -0.3 is 14.0 Å². The van der Waals surface area contributed by atoms with Crippen molar-refractivity contribution in [2.45, 2.75) is 36.4 Å². The molecule has 5 nitrogen and oxygen atoms in total. The van der Waals surface area contributed by atoms with Crippen LogP contribution in [0.1, 0.15) is 30.0 Å². The second-order valence-corrected chi connectivity index (χ2v) is 6.15. The lowest BCUT2D eigenvalue weighted by molar-refractivity contribution is -0.0171. The Balaban J connectivity index is 1.56. The number of fused-ring (bicyclic) bond motifs is 1. The summed E-state index contributed by atoms with van der Waals surface area (Å²) in [7, 11) is 0. The summed E-state index contributed by atoms with van der Waals surface area (Å²) in [6, 6.07) is 3.53. The molecule has 1 aromatic heterocycles. The number of hydrogen-bond acceptors (Lipinski definition) is 5. The smallest absolute Gasteiger partial charge is 0.191 e. The molecule has 0 radical (unpaired) electrons. The zero-order valence-electron chi connectivity index (χ0n) is 11.3. The van der Waals surface area contributed by atoms with Crippen LogP contribution in [0.3, 0.4) is 0 Å². The number of nitrogens with zero attached hydrogens (tertiary/aromatic N) is 3. The minimum absolute atomic E-state index is 0.217.